The van der Waals surface area contributed by atoms with Crippen LogP contribution in [-0.2, 0) is 19.5 Å². The molecule has 0 saturated carbocycles. The number of amides is 1. The highest BCUT2D eigenvalue weighted by molar-refractivity contribution is 6.03. The fourth-order valence-electron chi connectivity index (χ4n) is 3.62. The number of fused-ring (bicyclic) bond motifs is 1. The Labute approximate surface area is 170 Å². The highest BCUT2D eigenvalue weighted by Crippen LogP contribution is 2.21. The second-order valence-electron chi connectivity index (χ2n) is 7.11. The maximum atomic E-state index is 12.9. The van der Waals surface area contributed by atoms with Crippen LogP contribution in [0.3, 0.4) is 0 Å². The second kappa shape index (κ2) is 8.31. The van der Waals surface area contributed by atoms with Gasteiger partial charge in [-0.3, -0.25) is 14.8 Å². The molecule has 0 unspecified atom stereocenters. The molecule has 6 heteroatoms. The molecule has 4 rings (SSSR count). The van der Waals surface area contributed by atoms with Gasteiger partial charge in [-0.2, -0.15) is 5.10 Å². The predicted octanol–water partition coefficient (Wildman–Crippen LogP) is 4.45. The van der Waals surface area contributed by atoms with Gasteiger partial charge in [0.25, 0.3) is 5.91 Å². The highest BCUT2D eigenvalue weighted by Gasteiger charge is 2.17. The van der Waals surface area contributed by atoms with Crippen molar-refractivity contribution in [2.45, 2.75) is 39.8 Å². The molecule has 0 aliphatic heterocycles. The summed E-state index contributed by atoms with van der Waals surface area (Å²) in [6, 6.07) is 20.2. The van der Waals surface area contributed by atoms with E-state index in [0.29, 0.717) is 18.2 Å². The van der Waals surface area contributed by atoms with Crippen molar-refractivity contribution in [3.8, 4) is 0 Å². The summed E-state index contributed by atoms with van der Waals surface area (Å²) >= 11 is 0. The number of aromatic nitrogens is 4. The van der Waals surface area contributed by atoms with Crippen LogP contribution in [-0.4, -0.2) is 25.2 Å². The third-order valence-corrected chi connectivity index (χ3v) is 5.00. The molecule has 4 aromatic rings. The van der Waals surface area contributed by atoms with Gasteiger partial charge in [-0.05, 0) is 50.5 Å². The van der Waals surface area contributed by atoms with E-state index in [1.807, 2.05) is 44.2 Å². The first kappa shape index (κ1) is 18.9. The number of hydrogen-bond acceptors (Lipinski definition) is 3. The summed E-state index contributed by atoms with van der Waals surface area (Å²) in [4.78, 5) is 17.6. The Bertz CT molecular complexity index is 1130. The van der Waals surface area contributed by atoms with Crippen molar-refractivity contribution in [3.63, 3.8) is 0 Å². The minimum atomic E-state index is -0.188. The Morgan fingerprint density at radius 2 is 1.83 bits per heavy atom. The van der Waals surface area contributed by atoms with Gasteiger partial charge in [0.15, 0.2) is 0 Å². The number of para-hydroxylation sites is 2. The molecule has 0 saturated heterocycles. The molecule has 6 nitrogen and oxygen atoms in total. The quantitative estimate of drug-likeness (QED) is 0.510. The number of carbonyl (C=O) groups is 1. The van der Waals surface area contributed by atoms with E-state index >= 15 is 0 Å². The van der Waals surface area contributed by atoms with Crippen LogP contribution >= 0.6 is 0 Å². The van der Waals surface area contributed by atoms with Crippen molar-refractivity contribution in [3.05, 3.63) is 77.6 Å². The van der Waals surface area contributed by atoms with Crippen LogP contribution in [0.2, 0.25) is 0 Å². The molecule has 0 spiro atoms. The van der Waals surface area contributed by atoms with Crippen LogP contribution in [0.15, 0.2) is 60.7 Å². The molecule has 1 N–H and O–H groups in total. The van der Waals surface area contributed by atoms with Gasteiger partial charge in [0, 0.05) is 13.1 Å². The summed E-state index contributed by atoms with van der Waals surface area (Å²) in [5.74, 6) is 0.387. The fraction of sp³-hybridized carbons (Fsp3) is 0.261. The predicted molar refractivity (Wildman–Crippen MR) is 115 cm³/mol. The third-order valence-electron chi connectivity index (χ3n) is 5.00. The van der Waals surface area contributed by atoms with Gasteiger partial charge in [-0.25, -0.2) is 4.98 Å². The summed E-state index contributed by atoms with van der Waals surface area (Å²) in [5, 5.41) is 7.37. The minimum absolute atomic E-state index is 0.188. The molecule has 0 aliphatic carbocycles. The largest absolute Gasteiger partial charge is 0.310 e. The zero-order valence-electron chi connectivity index (χ0n) is 16.8. The first-order valence-corrected chi connectivity index (χ1v) is 10.0. The number of nitrogens with one attached hydrogen (secondary N) is 1. The van der Waals surface area contributed by atoms with Gasteiger partial charge in [0.2, 0.25) is 5.95 Å². The molecular weight excluding hydrogens is 362 g/mol. The van der Waals surface area contributed by atoms with Crippen molar-refractivity contribution in [1.82, 2.24) is 19.3 Å². The van der Waals surface area contributed by atoms with Crippen LogP contribution in [0.4, 0.5) is 5.95 Å². The van der Waals surface area contributed by atoms with E-state index in [4.69, 9.17) is 0 Å². The summed E-state index contributed by atoms with van der Waals surface area (Å²) < 4.78 is 3.81. The van der Waals surface area contributed by atoms with Gasteiger partial charge in [0.1, 0.15) is 5.69 Å². The highest BCUT2D eigenvalue weighted by atomic mass is 16.2. The number of anilines is 1. The first-order valence-electron chi connectivity index (χ1n) is 10.0. The average molecular weight is 387 g/mol. The van der Waals surface area contributed by atoms with Crippen molar-refractivity contribution in [2.24, 2.45) is 0 Å². The number of imidazole rings is 1. The van der Waals surface area contributed by atoms with E-state index in [1.54, 1.807) is 10.7 Å². The Hall–Kier alpha value is -3.41. The molecule has 2 heterocycles. The summed E-state index contributed by atoms with van der Waals surface area (Å²) in [6.45, 7) is 5.28. The molecule has 1 amide bonds. The fourth-order valence-corrected chi connectivity index (χ4v) is 3.62. The summed E-state index contributed by atoms with van der Waals surface area (Å²) in [6.07, 6.45) is 1.93. The van der Waals surface area contributed by atoms with Crippen molar-refractivity contribution >= 4 is 22.9 Å². The monoisotopic (exact) mass is 387 g/mol. The van der Waals surface area contributed by atoms with Crippen LogP contribution in [0.25, 0.3) is 11.0 Å². The minimum Gasteiger partial charge on any atom is -0.310 e. The van der Waals surface area contributed by atoms with Crippen LogP contribution < -0.4 is 5.32 Å². The van der Waals surface area contributed by atoms with Crippen LogP contribution in [0, 0.1) is 6.92 Å². The molecule has 2 aromatic heterocycles. The van der Waals surface area contributed by atoms with Crippen LogP contribution in [0.5, 0.6) is 0 Å². The zero-order chi connectivity index (χ0) is 20.2. The lowest BCUT2D eigenvalue weighted by Gasteiger charge is -2.11. The number of hydrogen-bond donors (Lipinski definition) is 1. The van der Waals surface area contributed by atoms with Gasteiger partial charge >= 0.3 is 0 Å². The van der Waals surface area contributed by atoms with Crippen molar-refractivity contribution in [2.75, 3.05) is 5.32 Å². The molecule has 0 fully saturated rings. The Balaban J connectivity index is 1.58. The molecule has 2 aromatic carbocycles. The molecule has 0 atom stereocenters. The lowest BCUT2D eigenvalue weighted by atomic mass is 10.1. The molecule has 29 heavy (non-hydrogen) atoms. The number of aryl methyl sites for hydroxylation is 4. The topological polar surface area (TPSA) is 64.7 Å². The van der Waals surface area contributed by atoms with Crippen molar-refractivity contribution in [1.29, 1.82) is 0 Å². The smallest absolute Gasteiger partial charge is 0.276 e. The molecule has 148 valence electrons. The van der Waals surface area contributed by atoms with E-state index in [9.17, 15) is 4.79 Å². The van der Waals surface area contributed by atoms with Crippen LogP contribution in [0.1, 0.15) is 35.1 Å². The summed E-state index contributed by atoms with van der Waals surface area (Å²) in [5.41, 5.74) is 4.59. The SMILES string of the molecule is CCn1nc(C)cc1C(=O)Nc1nc2ccccc2n1CCCc1ccccc1. The Morgan fingerprint density at radius 3 is 2.62 bits per heavy atom. The van der Waals surface area contributed by atoms with E-state index in [0.717, 1.165) is 36.1 Å². The Kier molecular flexibility index (Phi) is 5.42. The molecule has 0 bridgehead atoms. The zero-order valence-corrected chi connectivity index (χ0v) is 16.8. The van der Waals surface area contributed by atoms with Gasteiger partial charge < -0.3 is 4.57 Å². The van der Waals surface area contributed by atoms with E-state index in [1.165, 1.54) is 5.56 Å². The maximum Gasteiger partial charge on any atom is 0.276 e. The number of rotatable bonds is 7. The average Bonchev–Trinajstić information content (AvgIpc) is 3.29. The number of nitrogens with zero attached hydrogens (tertiary/aromatic N) is 4. The molecular formula is C23H25N5O. The van der Waals surface area contributed by atoms with E-state index in [2.05, 4.69) is 44.2 Å². The van der Waals surface area contributed by atoms with Gasteiger partial charge in [-0.1, -0.05) is 42.5 Å². The normalized spacial score (nSPS) is 11.1. The lowest BCUT2D eigenvalue weighted by Crippen LogP contribution is -2.20. The summed E-state index contributed by atoms with van der Waals surface area (Å²) in [7, 11) is 0. The third kappa shape index (κ3) is 4.06. The molecule has 0 radical (unpaired) electrons. The van der Waals surface area contributed by atoms with Gasteiger partial charge in [0.05, 0.1) is 16.7 Å². The second-order valence-corrected chi connectivity index (χ2v) is 7.11. The van der Waals surface area contributed by atoms with Crippen molar-refractivity contribution < 1.29 is 4.79 Å². The van der Waals surface area contributed by atoms with Gasteiger partial charge in [-0.15, -0.1) is 0 Å². The number of carbonyl (C=O) groups excluding carboxylic acids is 1. The number of benzene rings is 2. The standard InChI is InChI=1S/C23H25N5O/c1-3-28-21(16-17(2)26-28)22(29)25-23-24-19-13-7-8-14-20(19)27(23)15-9-12-18-10-5-4-6-11-18/h4-8,10-11,13-14,16H,3,9,12,15H2,1-2H3,(H,24,25,29). The van der Waals surface area contributed by atoms with E-state index < -0.39 is 0 Å². The Morgan fingerprint density at radius 1 is 1.07 bits per heavy atom. The molecule has 0 aliphatic rings. The first-order chi connectivity index (χ1) is 14.2. The van der Waals surface area contributed by atoms with E-state index in [-0.39, 0.29) is 5.91 Å². The lowest BCUT2D eigenvalue weighted by molar-refractivity contribution is 0.101. The maximum absolute atomic E-state index is 12.9.